The molecule has 0 aliphatic rings. The highest BCUT2D eigenvalue weighted by molar-refractivity contribution is 6.33. The number of nitrogens with zero attached hydrogens (tertiary/aromatic N) is 1. The Bertz CT molecular complexity index is 599. The highest BCUT2D eigenvalue weighted by Gasteiger charge is 2.43. The van der Waals surface area contributed by atoms with Gasteiger partial charge in [-0.15, -0.1) is 0 Å². The molecule has 20 heavy (non-hydrogen) atoms. The standard InChI is InChI=1S/C10H5ClF3NO5/c1-4(16)5-2-6(11)8(7(3-5)15(18)19)20-9(17)10(12,13)14/h2-3H,1H3. The number of rotatable bonds is 3. The summed E-state index contributed by atoms with van der Waals surface area (Å²) in [6.07, 6.45) is -5.34. The van der Waals surface area contributed by atoms with Gasteiger partial charge in [-0.2, -0.15) is 13.2 Å². The zero-order chi connectivity index (χ0) is 15.7. The fourth-order valence-corrected chi connectivity index (χ4v) is 1.42. The second kappa shape index (κ2) is 5.45. The zero-order valence-corrected chi connectivity index (χ0v) is 10.4. The minimum Gasteiger partial charge on any atom is -0.411 e. The van der Waals surface area contributed by atoms with Gasteiger partial charge >= 0.3 is 17.8 Å². The molecule has 0 N–H and O–H groups in total. The molecular formula is C10H5ClF3NO5. The van der Waals surface area contributed by atoms with Gasteiger partial charge in [0.05, 0.1) is 9.95 Å². The predicted molar refractivity (Wildman–Crippen MR) is 59.8 cm³/mol. The summed E-state index contributed by atoms with van der Waals surface area (Å²) in [5.74, 6) is -4.31. The van der Waals surface area contributed by atoms with Gasteiger partial charge in [-0.1, -0.05) is 11.6 Å². The van der Waals surface area contributed by atoms with Crippen LogP contribution < -0.4 is 4.74 Å². The normalized spacial score (nSPS) is 11.1. The molecule has 0 radical (unpaired) electrons. The Labute approximate surface area is 114 Å². The molecule has 108 valence electrons. The molecule has 0 saturated heterocycles. The van der Waals surface area contributed by atoms with Gasteiger partial charge < -0.3 is 4.74 Å². The molecule has 0 amide bonds. The summed E-state index contributed by atoms with van der Waals surface area (Å²) in [5.41, 5.74) is -1.21. The summed E-state index contributed by atoms with van der Waals surface area (Å²) in [5, 5.41) is 10.1. The van der Waals surface area contributed by atoms with E-state index in [0.717, 1.165) is 13.0 Å². The lowest BCUT2D eigenvalue weighted by atomic mass is 10.1. The number of hydrogen-bond acceptors (Lipinski definition) is 5. The van der Waals surface area contributed by atoms with Gasteiger partial charge in [0.2, 0.25) is 5.75 Å². The molecule has 0 aromatic heterocycles. The molecule has 1 aromatic rings. The van der Waals surface area contributed by atoms with E-state index in [9.17, 15) is 32.9 Å². The van der Waals surface area contributed by atoms with E-state index in [1.165, 1.54) is 0 Å². The maximum absolute atomic E-state index is 12.1. The fourth-order valence-electron chi connectivity index (χ4n) is 1.17. The van der Waals surface area contributed by atoms with Crippen LogP contribution in [0.2, 0.25) is 5.02 Å². The van der Waals surface area contributed by atoms with E-state index < -0.39 is 39.3 Å². The van der Waals surface area contributed by atoms with Gasteiger partial charge in [0.25, 0.3) is 0 Å². The number of carbonyl (C=O) groups is 2. The summed E-state index contributed by atoms with van der Waals surface area (Å²) in [4.78, 5) is 31.4. The number of nitro groups is 1. The Hall–Kier alpha value is -2.16. The number of ketones is 1. The number of Topliss-reactive ketones (excluding diaryl/α,β-unsaturated/α-hetero) is 1. The Morgan fingerprint density at radius 3 is 2.30 bits per heavy atom. The van der Waals surface area contributed by atoms with Crippen LogP contribution in [0.3, 0.4) is 0 Å². The smallest absolute Gasteiger partial charge is 0.411 e. The Morgan fingerprint density at radius 1 is 1.35 bits per heavy atom. The maximum Gasteiger partial charge on any atom is 0.491 e. The number of halogens is 4. The van der Waals surface area contributed by atoms with E-state index in [0.29, 0.717) is 6.07 Å². The Morgan fingerprint density at radius 2 is 1.90 bits per heavy atom. The molecule has 0 atom stereocenters. The molecular weight excluding hydrogens is 307 g/mol. The Balaban J connectivity index is 3.36. The molecule has 0 saturated carbocycles. The first kappa shape index (κ1) is 15.9. The first-order chi connectivity index (χ1) is 9.04. The van der Waals surface area contributed by atoms with Crippen molar-refractivity contribution >= 4 is 29.0 Å². The zero-order valence-electron chi connectivity index (χ0n) is 9.66. The SMILES string of the molecule is CC(=O)c1cc(Cl)c(OC(=O)C(F)(F)F)c([N+](=O)[O-])c1. The van der Waals surface area contributed by atoms with E-state index in [4.69, 9.17) is 11.6 Å². The number of nitro benzene ring substituents is 1. The first-order valence-corrected chi connectivity index (χ1v) is 5.19. The van der Waals surface area contributed by atoms with E-state index in [-0.39, 0.29) is 5.56 Å². The number of hydrogen-bond donors (Lipinski definition) is 0. The summed E-state index contributed by atoms with van der Waals surface area (Å²) < 4.78 is 40.1. The summed E-state index contributed by atoms with van der Waals surface area (Å²) in [6.45, 7) is 1.08. The maximum atomic E-state index is 12.1. The van der Waals surface area contributed by atoms with Crippen molar-refractivity contribution in [2.45, 2.75) is 13.1 Å². The van der Waals surface area contributed by atoms with Gasteiger partial charge in [-0.25, -0.2) is 4.79 Å². The average molecular weight is 312 g/mol. The lowest BCUT2D eigenvalue weighted by Gasteiger charge is -2.09. The molecule has 0 heterocycles. The average Bonchev–Trinajstić information content (AvgIpc) is 2.29. The first-order valence-electron chi connectivity index (χ1n) is 4.82. The molecule has 6 nitrogen and oxygen atoms in total. The highest BCUT2D eigenvalue weighted by atomic mass is 35.5. The monoisotopic (exact) mass is 311 g/mol. The molecule has 0 aliphatic heterocycles. The third-order valence-electron chi connectivity index (χ3n) is 2.05. The quantitative estimate of drug-likeness (QED) is 0.281. The van der Waals surface area contributed by atoms with E-state index in [1.807, 2.05) is 0 Å². The van der Waals surface area contributed by atoms with Crippen LogP contribution in [-0.2, 0) is 4.79 Å². The van der Waals surface area contributed by atoms with Crippen molar-refractivity contribution in [3.05, 3.63) is 32.8 Å². The number of benzene rings is 1. The van der Waals surface area contributed by atoms with Gasteiger partial charge in [0, 0.05) is 11.6 Å². The topological polar surface area (TPSA) is 86.5 Å². The van der Waals surface area contributed by atoms with Crippen LogP contribution in [-0.4, -0.2) is 22.9 Å². The number of alkyl halides is 3. The molecule has 1 rings (SSSR count). The summed E-state index contributed by atoms with van der Waals surface area (Å²) in [7, 11) is 0. The minimum atomic E-state index is -5.34. The minimum absolute atomic E-state index is 0.200. The molecule has 0 fully saturated rings. The van der Waals surface area contributed by atoms with Gasteiger partial charge in [-0.05, 0) is 13.0 Å². The van der Waals surface area contributed by atoms with Crippen molar-refractivity contribution in [2.24, 2.45) is 0 Å². The summed E-state index contributed by atoms with van der Waals surface area (Å²) >= 11 is 5.52. The molecule has 0 unspecified atom stereocenters. The van der Waals surface area contributed by atoms with Crippen molar-refractivity contribution in [1.29, 1.82) is 0 Å². The van der Waals surface area contributed by atoms with Gasteiger partial charge in [0.1, 0.15) is 0 Å². The number of esters is 1. The molecule has 10 heteroatoms. The van der Waals surface area contributed by atoms with Crippen LogP contribution in [0.15, 0.2) is 12.1 Å². The number of ether oxygens (including phenoxy) is 1. The van der Waals surface area contributed by atoms with Crippen molar-refractivity contribution in [2.75, 3.05) is 0 Å². The highest BCUT2D eigenvalue weighted by Crippen LogP contribution is 2.37. The van der Waals surface area contributed by atoms with Gasteiger partial charge in [-0.3, -0.25) is 14.9 Å². The van der Waals surface area contributed by atoms with Crippen molar-refractivity contribution < 1.29 is 32.4 Å². The molecule has 1 aromatic carbocycles. The predicted octanol–water partition coefficient (Wildman–Crippen LogP) is 2.92. The van der Waals surface area contributed by atoms with Crippen LogP contribution in [0, 0.1) is 10.1 Å². The van der Waals surface area contributed by atoms with Crippen LogP contribution in [0.1, 0.15) is 17.3 Å². The third kappa shape index (κ3) is 3.44. The van der Waals surface area contributed by atoms with Crippen LogP contribution in [0.5, 0.6) is 5.75 Å². The van der Waals surface area contributed by atoms with Crippen molar-refractivity contribution in [1.82, 2.24) is 0 Å². The van der Waals surface area contributed by atoms with E-state index in [2.05, 4.69) is 4.74 Å². The largest absolute Gasteiger partial charge is 0.491 e. The molecule has 0 spiro atoms. The Kier molecular flexibility index (Phi) is 4.33. The van der Waals surface area contributed by atoms with Gasteiger partial charge in [0.15, 0.2) is 5.78 Å². The lowest BCUT2D eigenvalue weighted by Crippen LogP contribution is -2.28. The molecule has 0 bridgehead atoms. The van der Waals surface area contributed by atoms with Crippen LogP contribution in [0.25, 0.3) is 0 Å². The van der Waals surface area contributed by atoms with E-state index in [1.54, 1.807) is 0 Å². The second-order valence-corrected chi connectivity index (χ2v) is 3.91. The number of carbonyl (C=O) groups excluding carboxylic acids is 2. The molecule has 0 aliphatic carbocycles. The van der Waals surface area contributed by atoms with Crippen LogP contribution >= 0.6 is 11.6 Å². The van der Waals surface area contributed by atoms with Crippen molar-refractivity contribution in [3.63, 3.8) is 0 Å². The summed E-state index contributed by atoms with van der Waals surface area (Å²) in [6, 6.07) is 1.54. The van der Waals surface area contributed by atoms with E-state index >= 15 is 0 Å². The van der Waals surface area contributed by atoms with Crippen LogP contribution in [0.4, 0.5) is 18.9 Å². The fraction of sp³-hybridized carbons (Fsp3) is 0.200. The lowest BCUT2D eigenvalue weighted by molar-refractivity contribution is -0.385. The third-order valence-corrected chi connectivity index (χ3v) is 2.33. The van der Waals surface area contributed by atoms with Crippen molar-refractivity contribution in [3.8, 4) is 5.75 Å². The second-order valence-electron chi connectivity index (χ2n) is 3.51.